The van der Waals surface area contributed by atoms with Crippen LogP contribution in [0.5, 0.6) is 0 Å². The maximum absolute atomic E-state index is 13.1. The SMILES string of the molecule is Fc1ccc2ncn3c(CCl)nnc3c2c1. The van der Waals surface area contributed by atoms with Crippen LogP contribution in [0.25, 0.3) is 16.6 Å². The Hall–Kier alpha value is -1.75. The van der Waals surface area contributed by atoms with Gasteiger partial charge >= 0.3 is 0 Å². The highest BCUT2D eigenvalue weighted by Gasteiger charge is 2.09. The van der Waals surface area contributed by atoms with Crippen LogP contribution in [-0.2, 0) is 5.88 Å². The van der Waals surface area contributed by atoms with Crippen molar-refractivity contribution in [2.75, 3.05) is 0 Å². The molecule has 0 saturated heterocycles. The Morgan fingerprint density at radius 2 is 2.19 bits per heavy atom. The molecule has 0 radical (unpaired) electrons. The van der Waals surface area contributed by atoms with Gasteiger partial charge in [0.15, 0.2) is 11.5 Å². The fourth-order valence-corrected chi connectivity index (χ4v) is 1.82. The summed E-state index contributed by atoms with van der Waals surface area (Å²) in [5.41, 5.74) is 1.25. The van der Waals surface area contributed by atoms with Crippen LogP contribution in [0.1, 0.15) is 5.82 Å². The van der Waals surface area contributed by atoms with Gasteiger partial charge in [-0.25, -0.2) is 9.37 Å². The first-order valence-electron chi connectivity index (χ1n) is 4.63. The van der Waals surface area contributed by atoms with E-state index in [-0.39, 0.29) is 11.7 Å². The molecule has 0 saturated carbocycles. The number of halogens is 2. The van der Waals surface area contributed by atoms with E-state index < -0.39 is 0 Å². The normalized spacial score (nSPS) is 11.4. The summed E-state index contributed by atoms with van der Waals surface area (Å²) in [7, 11) is 0. The molecule has 0 aliphatic carbocycles. The van der Waals surface area contributed by atoms with Crippen molar-refractivity contribution in [3.8, 4) is 0 Å². The second-order valence-electron chi connectivity index (χ2n) is 3.35. The van der Waals surface area contributed by atoms with E-state index in [4.69, 9.17) is 11.6 Å². The molecule has 80 valence electrons. The van der Waals surface area contributed by atoms with Gasteiger partial charge in [0, 0.05) is 5.39 Å². The van der Waals surface area contributed by atoms with Gasteiger partial charge in [-0.15, -0.1) is 21.8 Å². The van der Waals surface area contributed by atoms with Gasteiger partial charge in [0.25, 0.3) is 0 Å². The Morgan fingerprint density at radius 1 is 1.31 bits per heavy atom. The van der Waals surface area contributed by atoms with Gasteiger partial charge in [0.2, 0.25) is 0 Å². The summed E-state index contributed by atoms with van der Waals surface area (Å²) in [6.45, 7) is 0. The van der Waals surface area contributed by atoms with Crippen LogP contribution in [0.15, 0.2) is 24.5 Å². The Balaban J connectivity index is 2.48. The van der Waals surface area contributed by atoms with Crippen molar-refractivity contribution in [2.45, 2.75) is 5.88 Å². The van der Waals surface area contributed by atoms with Crippen molar-refractivity contribution in [1.29, 1.82) is 0 Å². The number of alkyl halides is 1. The van der Waals surface area contributed by atoms with E-state index in [9.17, 15) is 4.39 Å². The van der Waals surface area contributed by atoms with Gasteiger partial charge in [-0.1, -0.05) is 0 Å². The number of aromatic nitrogens is 4. The molecule has 1 aromatic carbocycles. The summed E-state index contributed by atoms with van der Waals surface area (Å²) in [6, 6.07) is 4.37. The fourth-order valence-electron chi connectivity index (χ4n) is 1.64. The minimum absolute atomic E-state index is 0.240. The van der Waals surface area contributed by atoms with Gasteiger partial charge in [0.1, 0.15) is 12.1 Å². The van der Waals surface area contributed by atoms with E-state index in [2.05, 4.69) is 15.2 Å². The van der Waals surface area contributed by atoms with E-state index in [0.29, 0.717) is 22.4 Å². The number of hydrogen-bond donors (Lipinski definition) is 0. The average molecular weight is 237 g/mol. The molecular formula is C10H6ClFN4. The molecule has 2 heterocycles. The van der Waals surface area contributed by atoms with Gasteiger partial charge in [0.05, 0.1) is 11.4 Å². The zero-order chi connectivity index (χ0) is 11.1. The fraction of sp³-hybridized carbons (Fsp3) is 0.100. The van der Waals surface area contributed by atoms with E-state index in [1.807, 2.05) is 0 Å². The number of fused-ring (bicyclic) bond motifs is 3. The van der Waals surface area contributed by atoms with Crippen LogP contribution in [0.4, 0.5) is 4.39 Å². The monoisotopic (exact) mass is 236 g/mol. The van der Waals surface area contributed by atoms with Crippen molar-refractivity contribution in [1.82, 2.24) is 19.6 Å². The van der Waals surface area contributed by atoms with E-state index in [1.54, 1.807) is 16.8 Å². The third kappa shape index (κ3) is 1.25. The first-order chi connectivity index (χ1) is 7.79. The number of rotatable bonds is 1. The Kier molecular flexibility index (Phi) is 2.00. The van der Waals surface area contributed by atoms with Crippen molar-refractivity contribution in [3.05, 3.63) is 36.2 Å². The molecule has 0 bridgehead atoms. The van der Waals surface area contributed by atoms with Crippen LogP contribution in [0.2, 0.25) is 0 Å². The van der Waals surface area contributed by atoms with E-state index in [0.717, 1.165) is 0 Å². The summed E-state index contributed by atoms with van der Waals surface area (Å²) in [6.07, 6.45) is 1.59. The van der Waals surface area contributed by atoms with Gasteiger partial charge in [-0.3, -0.25) is 4.40 Å². The largest absolute Gasteiger partial charge is 0.268 e. The number of hydrogen-bond acceptors (Lipinski definition) is 3. The lowest BCUT2D eigenvalue weighted by atomic mass is 10.2. The molecule has 0 aliphatic rings. The Morgan fingerprint density at radius 3 is 3.00 bits per heavy atom. The first kappa shape index (κ1) is 9.47. The van der Waals surface area contributed by atoms with Crippen LogP contribution in [0, 0.1) is 5.82 Å². The lowest BCUT2D eigenvalue weighted by Gasteiger charge is -1.99. The summed E-state index contributed by atoms with van der Waals surface area (Å²) >= 11 is 5.70. The second-order valence-corrected chi connectivity index (χ2v) is 3.62. The molecule has 2 aromatic heterocycles. The third-order valence-electron chi connectivity index (χ3n) is 2.40. The lowest BCUT2D eigenvalue weighted by molar-refractivity contribution is 0.629. The molecule has 4 nitrogen and oxygen atoms in total. The summed E-state index contributed by atoms with van der Waals surface area (Å²) < 4.78 is 14.8. The molecule has 0 spiro atoms. The van der Waals surface area contributed by atoms with Crippen molar-refractivity contribution >= 4 is 28.2 Å². The van der Waals surface area contributed by atoms with E-state index in [1.165, 1.54) is 12.1 Å². The third-order valence-corrected chi connectivity index (χ3v) is 2.64. The standard InChI is InChI=1S/C10H6ClFN4/c11-4-9-14-15-10-7-3-6(12)1-2-8(7)13-5-16(9)10/h1-3,5H,4H2. The van der Waals surface area contributed by atoms with Crippen molar-refractivity contribution in [3.63, 3.8) is 0 Å². The minimum atomic E-state index is -0.321. The molecule has 0 amide bonds. The highest BCUT2D eigenvalue weighted by molar-refractivity contribution is 6.16. The smallest absolute Gasteiger partial charge is 0.171 e. The molecule has 0 atom stereocenters. The van der Waals surface area contributed by atoms with Crippen LogP contribution < -0.4 is 0 Å². The summed E-state index contributed by atoms with van der Waals surface area (Å²) in [4.78, 5) is 4.19. The van der Waals surface area contributed by atoms with Gasteiger partial charge in [-0.05, 0) is 18.2 Å². The molecular weight excluding hydrogens is 231 g/mol. The van der Waals surface area contributed by atoms with Crippen LogP contribution in [0.3, 0.4) is 0 Å². The topological polar surface area (TPSA) is 43.1 Å². The highest BCUT2D eigenvalue weighted by Crippen LogP contribution is 2.18. The molecule has 6 heteroatoms. The molecule has 0 N–H and O–H groups in total. The predicted octanol–water partition coefficient (Wildman–Crippen LogP) is 2.16. The highest BCUT2D eigenvalue weighted by atomic mass is 35.5. The molecule has 3 aromatic rings. The number of nitrogens with zero attached hydrogens (tertiary/aromatic N) is 4. The summed E-state index contributed by atoms with van der Waals surface area (Å²) in [5, 5.41) is 8.52. The lowest BCUT2D eigenvalue weighted by Crippen LogP contribution is -1.94. The van der Waals surface area contributed by atoms with Gasteiger partial charge < -0.3 is 0 Å². The molecule has 0 aliphatic heterocycles. The average Bonchev–Trinajstić information content (AvgIpc) is 2.72. The first-order valence-corrected chi connectivity index (χ1v) is 5.17. The number of benzene rings is 1. The zero-order valence-corrected chi connectivity index (χ0v) is 8.82. The Labute approximate surface area is 94.7 Å². The quantitative estimate of drug-likeness (QED) is 0.608. The maximum atomic E-state index is 13.1. The minimum Gasteiger partial charge on any atom is -0.268 e. The predicted molar refractivity (Wildman–Crippen MR) is 57.8 cm³/mol. The summed E-state index contributed by atoms with van der Waals surface area (Å²) in [5.74, 6) is 0.511. The Bertz CT molecular complexity index is 679. The zero-order valence-electron chi connectivity index (χ0n) is 8.06. The molecule has 0 fully saturated rings. The van der Waals surface area contributed by atoms with Crippen LogP contribution in [-0.4, -0.2) is 19.6 Å². The molecule has 3 rings (SSSR count). The van der Waals surface area contributed by atoms with E-state index >= 15 is 0 Å². The van der Waals surface area contributed by atoms with Crippen molar-refractivity contribution < 1.29 is 4.39 Å². The van der Waals surface area contributed by atoms with Crippen LogP contribution >= 0.6 is 11.6 Å². The van der Waals surface area contributed by atoms with Gasteiger partial charge in [-0.2, -0.15) is 0 Å². The second kappa shape index (κ2) is 3.38. The maximum Gasteiger partial charge on any atom is 0.171 e. The molecule has 16 heavy (non-hydrogen) atoms. The van der Waals surface area contributed by atoms with Crippen molar-refractivity contribution in [2.24, 2.45) is 0 Å². The molecule has 0 unspecified atom stereocenters.